The molecule has 0 atom stereocenters. The number of hydrogen-bond donors (Lipinski definition) is 3. The minimum Gasteiger partial charge on any atom is -0.327 e. The van der Waals surface area contributed by atoms with Gasteiger partial charge in [-0.25, -0.2) is 4.79 Å². The van der Waals surface area contributed by atoms with Gasteiger partial charge >= 0.3 is 6.03 Å². The van der Waals surface area contributed by atoms with Crippen molar-refractivity contribution in [3.8, 4) is 0 Å². The maximum absolute atomic E-state index is 12.6. The average Bonchev–Trinajstić information content (AvgIpc) is 2.75. The molecule has 128 valence electrons. The third-order valence-electron chi connectivity index (χ3n) is 5.50. The van der Waals surface area contributed by atoms with Crippen LogP contribution in [0.4, 0.5) is 4.79 Å². The van der Waals surface area contributed by atoms with E-state index in [-0.39, 0.29) is 11.8 Å². The smallest absolute Gasteiger partial charge is 0.327 e. The van der Waals surface area contributed by atoms with Gasteiger partial charge in [-0.3, -0.25) is 15.0 Å². The van der Waals surface area contributed by atoms with Crippen LogP contribution >= 0.6 is 0 Å². The van der Waals surface area contributed by atoms with E-state index < -0.39 is 11.6 Å². The van der Waals surface area contributed by atoms with E-state index in [2.05, 4.69) is 17.7 Å². The van der Waals surface area contributed by atoms with Crippen molar-refractivity contribution >= 4 is 17.8 Å². The summed E-state index contributed by atoms with van der Waals surface area (Å²) in [5.41, 5.74) is 1.74. The van der Waals surface area contributed by atoms with Crippen molar-refractivity contribution in [2.45, 2.75) is 57.4 Å². The fourth-order valence-electron chi connectivity index (χ4n) is 3.95. The van der Waals surface area contributed by atoms with Gasteiger partial charge in [0.2, 0.25) is 0 Å². The Labute approximate surface area is 136 Å². The Morgan fingerprint density at radius 1 is 1.26 bits per heavy atom. The average molecular weight is 323 g/mol. The van der Waals surface area contributed by atoms with E-state index in [1.54, 1.807) is 0 Å². The minimum atomic E-state index is -0.782. The van der Waals surface area contributed by atoms with Crippen molar-refractivity contribution < 1.29 is 19.3 Å². The molecule has 7 nitrogen and oxygen atoms in total. The van der Waals surface area contributed by atoms with Crippen LogP contribution in [0.3, 0.4) is 0 Å². The third kappa shape index (κ3) is 3.34. The highest BCUT2D eigenvalue weighted by Gasteiger charge is 2.52. The van der Waals surface area contributed by atoms with Crippen LogP contribution in [-0.2, 0) is 9.59 Å². The lowest BCUT2D eigenvalue weighted by atomic mass is 9.82. The maximum atomic E-state index is 12.6. The molecule has 3 rings (SSSR count). The Bertz CT molecular complexity index is 494. The topological polar surface area (TPSA) is 82.9 Å². The number of rotatable bonds is 3. The Balaban J connectivity index is 1.56. The second-order valence-corrected chi connectivity index (χ2v) is 7.36. The molecule has 0 aromatic rings. The van der Waals surface area contributed by atoms with Crippen molar-refractivity contribution in [2.24, 2.45) is 5.92 Å². The van der Waals surface area contributed by atoms with Crippen LogP contribution in [0.5, 0.6) is 0 Å². The second kappa shape index (κ2) is 6.47. The molecule has 2 saturated heterocycles. The number of piperidine rings is 1. The first kappa shape index (κ1) is 16.2. The number of hydrazine groups is 1. The van der Waals surface area contributed by atoms with Gasteiger partial charge in [-0.1, -0.05) is 26.2 Å². The lowest BCUT2D eigenvalue weighted by Crippen LogP contribution is -3.14. The highest BCUT2D eigenvalue weighted by Crippen LogP contribution is 2.32. The van der Waals surface area contributed by atoms with E-state index in [1.807, 2.05) is 0 Å². The van der Waals surface area contributed by atoms with E-state index in [0.717, 1.165) is 56.1 Å². The van der Waals surface area contributed by atoms with E-state index in [9.17, 15) is 14.4 Å². The quantitative estimate of drug-likeness (QED) is 0.617. The molecule has 7 heteroatoms. The molecule has 1 saturated carbocycles. The molecule has 0 radical (unpaired) electrons. The van der Waals surface area contributed by atoms with Gasteiger partial charge < -0.3 is 10.2 Å². The SMILES string of the molecule is CC1CC[NH+](CC(=O)NN2C(=O)NC3(CCCCC3)C2=O)CC1. The molecular formula is C16H27N4O3+. The fourth-order valence-corrected chi connectivity index (χ4v) is 3.95. The molecule has 0 unspecified atom stereocenters. The molecule has 3 N–H and O–H groups in total. The van der Waals surface area contributed by atoms with Gasteiger partial charge in [0.05, 0.1) is 13.1 Å². The Morgan fingerprint density at radius 3 is 2.57 bits per heavy atom. The number of urea groups is 1. The Hall–Kier alpha value is -1.63. The number of likely N-dealkylation sites (tertiary alicyclic amines) is 1. The van der Waals surface area contributed by atoms with Gasteiger partial charge in [-0.15, -0.1) is 0 Å². The van der Waals surface area contributed by atoms with Crippen molar-refractivity contribution in [3.05, 3.63) is 0 Å². The van der Waals surface area contributed by atoms with Gasteiger partial charge in [-0.05, 0) is 31.6 Å². The fraction of sp³-hybridized carbons (Fsp3) is 0.812. The van der Waals surface area contributed by atoms with Gasteiger partial charge in [0.25, 0.3) is 11.8 Å². The van der Waals surface area contributed by atoms with E-state index >= 15 is 0 Å². The summed E-state index contributed by atoms with van der Waals surface area (Å²) < 4.78 is 0. The van der Waals surface area contributed by atoms with Gasteiger partial charge in [-0.2, -0.15) is 5.01 Å². The molecule has 0 aromatic heterocycles. The highest BCUT2D eigenvalue weighted by atomic mass is 16.2. The molecule has 1 spiro atoms. The molecule has 0 bridgehead atoms. The van der Waals surface area contributed by atoms with Crippen LogP contribution in [0, 0.1) is 5.92 Å². The maximum Gasteiger partial charge on any atom is 0.344 e. The number of carbonyl (C=O) groups is 3. The number of hydrogen-bond acceptors (Lipinski definition) is 3. The standard InChI is InChI=1S/C16H26N4O3/c1-12-5-9-19(10-6-12)11-13(21)18-20-14(22)16(17-15(20)23)7-3-2-4-8-16/h12H,2-11H2,1H3,(H,17,23)(H,18,21)/p+1. The van der Waals surface area contributed by atoms with Crippen molar-refractivity contribution in [2.75, 3.05) is 19.6 Å². The lowest BCUT2D eigenvalue weighted by Gasteiger charge is -2.30. The van der Waals surface area contributed by atoms with Crippen LogP contribution in [-0.4, -0.2) is 48.0 Å². The number of imide groups is 1. The molecule has 1 aliphatic carbocycles. The summed E-state index contributed by atoms with van der Waals surface area (Å²) in [6, 6.07) is -0.493. The van der Waals surface area contributed by atoms with E-state index in [0.29, 0.717) is 19.4 Å². The Morgan fingerprint density at radius 2 is 1.91 bits per heavy atom. The second-order valence-electron chi connectivity index (χ2n) is 7.36. The first-order chi connectivity index (χ1) is 11.0. The van der Waals surface area contributed by atoms with Crippen LogP contribution in [0.1, 0.15) is 51.9 Å². The first-order valence-corrected chi connectivity index (χ1v) is 8.80. The monoisotopic (exact) mass is 323 g/mol. The van der Waals surface area contributed by atoms with Crippen LogP contribution in [0.15, 0.2) is 0 Å². The largest absolute Gasteiger partial charge is 0.344 e. The number of carbonyl (C=O) groups excluding carboxylic acids is 3. The summed E-state index contributed by atoms with van der Waals surface area (Å²) in [5.74, 6) is 0.169. The zero-order chi connectivity index (χ0) is 16.4. The van der Waals surface area contributed by atoms with Gasteiger partial charge in [0.15, 0.2) is 6.54 Å². The molecule has 2 heterocycles. The summed E-state index contributed by atoms with van der Waals surface area (Å²) in [4.78, 5) is 38.1. The molecule has 0 aromatic carbocycles. The van der Waals surface area contributed by atoms with Crippen LogP contribution in [0.25, 0.3) is 0 Å². The van der Waals surface area contributed by atoms with Crippen molar-refractivity contribution in [1.29, 1.82) is 0 Å². The molecule has 2 aliphatic heterocycles. The molecule has 3 fully saturated rings. The number of quaternary nitrogens is 1. The van der Waals surface area contributed by atoms with Crippen molar-refractivity contribution in [3.63, 3.8) is 0 Å². The van der Waals surface area contributed by atoms with Gasteiger partial charge in [0.1, 0.15) is 5.54 Å². The molecule has 3 aliphatic rings. The highest BCUT2D eigenvalue weighted by molar-refractivity contribution is 6.08. The summed E-state index contributed by atoms with van der Waals surface area (Å²) in [7, 11) is 0. The summed E-state index contributed by atoms with van der Waals surface area (Å²) in [6.07, 6.45) is 6.53. The lowest BCUT2D eigenvalue weighted by molar-refractivity contribution is -0.898. The zero-order valence-corrected chi connectivity index (χ0v) is 13.8. The zero-order valence-electron chi connectivity index (χ0n) is 13.8. The number of amides is 4. The number of nitrogens with one attached hydrogen (secondary N) is 3. The van der Waals surface area contributed by atoms with E-state index in [4.69, 9.17) is 0 Å². The molecule has 23 heavy (non-hydrogen) atoms. The predicted molar refractivity (Wildman–Crippen MR) is 83.3 cm³/mol. The summed E-state index contributed by atoms with van der Waals surface area (Å²) >= 11 is 0. The van der Waals surface area contributed by atoms with Gasteiger partial charge in [0, 0.05) is 0 Å². The summed E-state index contributed by atoms with van der Waals surface area (Å²) in [5, 5.41) is 3.70. The van der Waals surface area contributed by atoms with Crippen molar-refractivity contribution in [1.82, 2.24) is 15.8 Å². The molecule has 4 amide bonds. The van der Waals surface area contributed by atoms with Crippen LogP contribution in [0.2, 0.25) is 0 Å². The number of nitrogens with zero attached hydrogens (tertiary/aromatic N) is 1. The minimum absolute atomic E-state index is 0.258. The first-order valence-electron chi connectivity index (χ1n) is 8.80. The normalized spacial score (nSPS) is 30.4. The Kier molecular flexibility index (Phi) is 4.57. The molecular weight excluding hydrogens is 296 g/mol. The predicted octanol–water partition coefficient (Wildman–Crippen LogP) is -0.413. The van der Waals surface area contributed by atoms with E-state index in [1.165, 1.54) is 4.90 Å². The van der Waals surface area contributed by atoms with Crippen LogP contribution < -0.4 is 15.6 Å². The summed E-state index contributed by atoms with van der Waals surface area (Å²) in [6.45, 7) is 4.49. The third-order valence-corrected chi connectivity index (χ3v) is 5.50.